The number of rotatable bonds is 6. The van der Waals surface area contributed by atoms with Gasteiger partial charge in [0, 0.05) is 10.5 Å². The molecule has 2 aromatic rings. The molecule has 0 aliphatic heterocycles. The van der Waals surface area contributed by atoms with Crippen LogP contribution in [-0.4, -0.2) is 7.05 Å². The third kappa shape index (κ3) is 4.19. The maximum Gasteiger partial charge on any atom is 0.0320 e. The molecule has 0 radical (unpaired) electrons. The van der Waals surface area contributed by atoms with E-state index in [0.717, 1.165) is 17.3 Å². The van der Waals surface area contributed by atoms with Crippen molar-refractivity contribution >= 4 is 15.9 Å². The molecule has 0 fully saturated rings. The number of hydrogen-bond donors (Lipinski definition) is 1. The van der Waals surface area contributed by atoms with E-state index in [4.69, 9.17) is 0 Å². The molecule has 1 atom stereocenters. The molecule has 0 saturated carbocycles. The van der Waals surface area contributed by atoms with E-state index < -0.39 is 0 Å². The molecule has 0 spiro atoms. The largest absolute Gasteiger partial charge is 0.313 e. The van der Waals surface area contributed by atoms with Crippen molar-refractivity contribution in [2.24, 2.45) is 0 Å². The fourth-order valence-electron chi connectivity index (χ4n) is 2.64. The zero-order chi connectivity index (χ0) is 14.4. The van der Waals surface area contributed by atoms with Gasteiger partial charge in [-0.15, -0.1) is 0 Å². The van der Waals surface area contributed by atoms with Crippen molar-refractivity contribution < 1.29 is 0 Å². The summed E-state index contributed by atoms with van der Waals surface area (Å²) in [7, 11) is 2.05. The molecule has 2 rings (SSSR count). The maximum absolute atomic E-state index is 3.53. The van der Waals surface area contributed by atoms with Crippen LogP contribution in [-0.2, 0) is 6.42 Å². The Morgan fingerprint density at radius 1 is 1.10 bits per heavy atom. The Kier molecular flexibility index (Phi) is 5.81. The Morgan fingerprint density at radius 2 is 1.85 bits per heavy atom. The summed E-state index contributed by atoms with van der Waals surface area (Å²) >= 11 is 3.53. The molecule has 0 amide bonds. The van der Waals surface area contributed by atoms with Crippen LogP contribution in [0.2, 0.25) is 0 Å². The Balaban J connectivity index is 1.95. The summed E-state index contributed by atoms with van der Waals surface area (Å²) in [5, 5.41) is 3.45. The molecule has 0 saturated heterocycles. The topological polar surface area (TPSA) is 12.0 Å². The summed E-state index contributed by atoms with van der Waals surface area (Å²) < 4.78 is 1.15. The van der Waals surface area contributed by atoms with E-state index in [1.54, 1.807) is 0 Å². The second-order valence-corrected chi connectivity index (χ2v) is 6.14. The minimum Gasteiger partial charge on any atom is -0.313 e. The van der Waals surface area contributed by atoms with Gasteiger partial charge in [0.25, 0.3) is 0 Å². The molecule has 0 aliphatic carbocycles. The summed E-state index contributed by atoms with van der Waals surface area (Å²) in [5.41, 5.74) is 4.18. The third-order valence-corrected chi connectivity index (χ3v) is 4.25. The quantitative estimate of drug-likeness (QED) is 0.781. The van der Waals surface area contributed by atoms with Crippen LogP contribution >= 0.6 is 15.9 Å². The highest BCUT2D eigenvalue weighted by Crippen LogP contribution is 2.25. The van der Waals surface area contributed by atoms with Gasteiger partial charge in [0.2, 0.25) is 0 Å². The molecule has 0 aliphatic rings. The van der Waals surface area contributed by atoms with E-state index in [1.165, 1.54) is 23.1 Å². The van der Waals surface area contributed by atoms with Crippen molar-refractivity contribution in [3.8, 4) is 0 Å². The predicted octanol–water partition coefficient (Wildman–Crippen LogP) is 5.04. The van der Waals surface area contributed by atoms with E-state index in [1.807, 2.05) is 0 Å². The summed E-state index contributed by atoms with van der Waals surface area (Å²) in [6.45, 7) is 2.18. The van der Waals surface area contributed by atoms with Crippen LogP contribution in [0.5, 0.6) is 0 Å². The van der Waals surface area contributed by atoms with Crippen LogP contribution < -0.4 is 5.32 Å². The molecule has 1 unspecified atom stereocenters. The summed E-state index contributed by atoms with van der Waals surface area (Å²) in [6.07, 6.45) is 3.51. The van der Waals surface area contributed by atoms with Crippen molar-refractivity contribution in [3.05, 3.63) is 69.7 Å². The van der Waals surface area contributed by atoms with E-state index in [2.05, 4.69) is 83.7 Å². The molecule has 0 bridgehead atoms. The Morgan fingerprint density at radius 3 is 2.50 bits per heavy atom. The molecule has 1 N–H and O–H groups in total. The minimum atomic E-state index is 0.437. The minimum absolute atomic E-state index is 0.437. The first-order valence-electron chi connectivity index (χ1n) is 7.18. The SMILES string of the molecule is CNC(CCCc1ccccc1)c1ccc(Br)cc1C. The van der Waals surface area contributed by atoms with E-state index >= 15 is 0 Å². The van der Waals surface area contributed by atoms with Crippen LogP contribution in [0.25, 0.3) is 0 Å². The van der Waals surface area contributed by atoms with Crippen molar-refractivity contribution in [1.29, 1.82) is 0 Å². The van der Waals surface area contributed by atoms with Gasteiger partial charge >= 0.3 is 0 Å². The lowest BCUT2D eigenvalue weighted by atomic mass is 9.96. The van der Waals surface area contributed by atoms with Crippen LogP contribution in [0.3, 0.4) is 0 Å². The van der Waals surface area contributed by atoms with E-state index in [0.29, 0.717) is 6.04 Å². The highest BCUT2D eigenvalue weighted by Gasteiger charge is 2.11. The van der Waals surface area contributed by atoms with Crippen LogP contribution in [0.15, 0.2) is 53.0 Å². The first-order chi connectivity index (χ1) is 9.70. The van der Waals surface area contributed by atoms with Gasteiger partial charge in [-0.1, -0.05) is 52.3 Å². The first-order valence-corrected chi connectivity index (χ1v) is 7.97. The molecule has 106 valence electrons. The second kappa shape index (κ2) is 7.61. The third-order valence-electron chi connectivity index (χ3n) is 3.76. The van der Waals surface area contributed by atoms with Gasteiger partial charge in [-0.05, 0) is 62.1 Å². The molecule has 1 nitrogen and oxygen atoms in total. The Labute approximate surface area is 130 Å². The smallest absolute Gasteiger partial charge is 0.0320 e. The van der Waals surface area contributed by atoms with Gasteiger partial charge in [0.15, 0.2) is 0 Å². The fourth-order valence-corrected chi connectivity index (χ4v) is 3.12. The van der Waals surface area contributed by atoms with Gasteiger partial charge in [-0.25, -0.2) is 0 Å². The van der Waals surface area contributed by atoms with Gasteiger partial charge in [-0.2, -0.15) is 0 Å². The molecular weight excluding hydrogens is 310 g/mol. The maximum atomic E-state index is 3.53. The van der Waals surface area contributed by atoms with Crippen molar-refractivity contribution in [2.45, 2.75) is 32.2 Å². The molecule has 2 heteroatoms. The predicted molar refractivity (Wildman–Crippen MR) is 90.1 cm³/mol. The average molecular weight is 332 g/mol. The Hall–Kier alpha value is -1.12. The normalized spacial score (nSPS) is 12.3. The summed E-state index contributed by atoms with van der Waals surface area (Å²) in [6, 6.07) is 17.7. The monoisotopic (exact) mass is 331 g/mol. The average Bonchev–Trinajstić information content (AvgIpc) is 2.46. The zero-order valence-corrected chi connectivity index (χ0v) is 13.8. The lowest BCUT2D eigenvalue weighted by Gasteiger charge is -2.19. The molecule has 20 heavy (non-hydrogen) atoms. The molecular formula is C18H22BrN. The zero-order valence-electron chi connectivity index (χ0n) is 12.2. The molecule has 2 aromatic carbocycles. The number of nitrogens with one attached hydrogen (secondary N) is 1. The van der Waals surface area contributed by atoms with E-state index in [-0.39, 0.29) is 0 Å². The van der Waals surface area contributed by atoms with Crippen molar-refractivity contribution in [3.63, 3.8) is 0 Å². The second-order valence-electron chi connectivity index (χ2n) is 5.22. The standard InChI is InChI=1S/C18H22BrN/c1-14-13-16(19)11-12-17(14)18(20-2)10-6-9-15-7-4-3-5-8-15/h3-5,7-8,11-13,18,20H,6,9-10H2,1-2H3. The van der Waals surface area contributed by atoms with Crippen LogP contribution in [0, 0.1) is 6.92 Å². The van der Waals surface area contributed by atoms with Crippen LogP contribution in [0.1, 0.15) is 35.6 Å². The first kappa shape index (κ1) is 15.3. The number of aryl methyl sites for hydroxylation is 2. The van der Waals surface area contributed by atoms with Gasteiger partial charge in [0.05, 0.1) is 0 Å². The highest BCUT2D eigenvalue weighted by molar-refractivity contribution is 9.10. The lowest BCUT2D eigenvalue weighted by Crippen LogP contribution is -2.17. The lowest BCUT2D eigenvalue weighted by molar-refractivity contribution is 0.525. The van der Waals surface area contributed by atoms with Gasteiger partial charge < -0.3 is 5.32 Å². The van der Waals surface area contributed by atoms with E-state index in [9.17, 15) is 0 Å². The number of halogens is 1. The molecule has 0 heterocycles. The van der Waals surface area contributed by atoms with Gasteiger partial charge in [0.1, 0.15) is 0 Å². The van der Waals surface area contributed by atoms with Crippen molar-refractivity contribution in [1.82, 2.24) is 5.32 Å². The highest BCUT2D eigenvalue weighted by atomic mass is 79.9. The molecule has 0 aromatic heterocycles. The van der Waals surface area contributed by atoms with Gasteiger partial charge in [-0.3, -0.25) is 0 Å². The number of hydrogen-bond acceptors (Lipinski definition) is 1. The van der Waals surface area contributed by atoms with Crippen molar-refractivity contribution in [2.75, 3.05) is 7.05 Å². The fraction of sp³-hybridized carbons (Fsp3) is 0.333. The Bertz CT molecular complexity index is 536. The number of benzene rings is 2. The summed E-state index contributed by atoms with van der Waals surface area (Å²) in [5.74, 6) is 0. The summed E-state index contributed by atoms with van der Waals surface area (Å²) in [4.78, 5) is 0. The van der Waals surface area contributed by atoms with Crippen LogP contribution in [0.4, 0.5) is 0 Å².